The van der Waals surface area contributed by atoms with Crippen molar-refractivity contribution in [3.05, 3.63) is 29.3 Å². The summed E-state index contributed by atoms with van der Waals surface area (Å²) in [7, 11) is 1.60. The molecule has 3 rings (SSSR count). The van der Waals surface area contributed by atoms with Crippen LogP contribution in [-0.4, -0.2) is 49.9 Å². The van der Waals surface area contributed by atoms with Gasteiger partial charge in [0.2, 0.25) is 11.8 Å². The molecular weight excluding hydrogens is 421 g/mol. The van der Waals surface area contributed by atoms with E-state index < -0.39 is 11.7 Å². The summed E-state index contributed by atoms with van der Waals surface area (Å²) >= 11 is 0. The maximum atomic E-state index is 13.3. The molecule has 2 fully saturated rings. The first-order valence-electron chi connectivity index (χ1n) is 10.9. The summed E-state index contributed by atoms with van der Waals surface area (Å²) < 4.78 is 40.0. The highest BCUT2D eigenvalue weighted by atomic mass is 19.4. The lowest BCUT2D eigenvalue weighted by molar-refractivity contribution is -0.138. The van der Waals surface area contributed by atoms with Crippen molar-refractivity contribution in [3.63, 3.8) is 0 Å². The standard InChI is InChI=1S/C23H29F3N4O2/c1-14(2)22(32)30-12-18(19(13-30)21(31)28-3)15-6-8-29(9-7-15)17-5-4-16(11-27)20(10-17)23(24,25)26/h4-5,10,14-15,18-19H,6-9,12-13H2,1-3H3,(H,28,31)/t18-,19+/m0/s1. The van der Waals surface area contributed by atoms with Crippen molar-refractivity contribution in [2.75, 3.05) is 38.1 Å². The second kappa shape index (κ2) is 9.39. The zero-order chi connectivity index (χ0) is 23.6. The van der Waals surface area contributed by atoms with Crippen LogP contribution >= 0.6 is 0 Å². The molecule has 0 unspecified atom stereocenters. The number of amides is 2. The number of nitrogens with zero attached hydrogens (tertiary/aromatic N) is 3. The normalized spacial score (nSPS) is 22.2. The SMILES string of the molecule is CNC(=O)[C@@H]1CN(C(=O)C(C)C)C[C@H]1C1CCN(c2ccc(C#N)c(C(F)(F)F)c2)CC1. The molecule has 2 atom stereocenters. The van der Waals surface area contributed by atoms with Crippen molar-refractivity contribution < 1.29 is 22.8 Å². The van der Waals surface area contributed by atoms with E-state index in [0.717, 1.165) is 18.9 Å². The molecule has 0 radical (unpaired) electrons. The Morgan fingerprint density at radius 3 is 2.38 bits per heavy atom. The van der Waals surface area contributed by atoms with Gasteiger partial charge in [0.1, 0.15) is 0 Å². The van der Waals surface area contributed by atoms with Crippen molar-refractivity contribution in [2.45, 2.75) is 32.9 Å². The van der Waals surface area contributed by atoms with Crippen LogP contribution in [0.5, 0.6) is 0 Å². The Bertz CT molecular complexity index is 901. The Morgan fingerprint density at radius 1 is 1.19 bits per heavy atom. The number of carbonyl (C=O) groups is 2. The molecule has 2 amide bonds. The van der Waals surface area contributed by atoms with Gasteiger partial charge in [-0.1, -0.05) is 13.8 Å². The Labute approximate surface area is 186 Å². The number of rotatable bonds is 4. The van der Waals surface area contributed by atoms with Crippen LogP contribution in [-0.2, 0) is 15.8 Å². The largest absolute Gasteiger partial charge is 0.417 e. The summed E-state index contributed by atoms with van der Waals surface area (Å²) in [5.41, 5.74) is -0.857. The van der Waals surface area contributed by atoms with Gasteiger partial charge in [-0.05, 0) is 42.9 Å². The van der Waals surface area contributed by atoms with E-state index in [4.69, 9.17) is 5.26 Å². The first-order valence-corrected chi connectivity index (χ1v) is 10.9. The second-order valence-corrected chi connectivity index (χ2v) is 8.95. The average molecular weight is 451 g/mol. The van der Waals surface area contributed by atoms with E-state index in [-0.39, 0.29) is 41.0 Å². The Balaban J connectivity index is 1.72. The first-order chi connectivity index (χ1) is 15.1. The number of nitrogens with one attached hydrogen (secondary N) is 1. The smallest absolute Gasteiger partial charge is 0.372 e. The third-order valence-electron chi connectivity index (χ3n) is 6.69. The summed E-state index contributed by atoms with van der Waals surface area (Å²) in [6.45, 7) is 5.75. The fraction of sp³-hybridized carbons (Fsp3) is 0.609. The number of benzene rings is 1. The van der Waals surface area contributed by atoms with E-state index in [1.54, 1.807) is 24.1 Å². The van der Waals surface area contributed by atoms with E-state index in [0.29, 0.717) is 31.9 Å². The summed E-state index contributed by atoms with van der Waals surface area (Å²) in [4.78, 5) is 28.7. The highest BCUT2D eigenvalue weighted by Gasteiger charge is 2.44. The predicted octanol–water partition coefficient (Wildman–Crippen LogP) is 3.27. The van der Waals surface area contributed by atoms with Crippen LogP contribution in [0.1, 0.15) is 37.8 Å². The minimum atomic E-state index is -4.59. The van der Waals surface area contributed by atoms with Gasteiger partial charge >= 0.3 is 6.18 Å². The molecule has 0 aliphatic carbocycles. The highest BCUT2D eigenvalue weighted by Crippen LogP contribution is 2.39. The fourth-order valence-electron chi connectivity index (χ4n) is 4.96. The monoisotopic (exact) mass is 450 g/mol. The third-order valence-corrected chi connectivity index (χ3v) is 6.69. The molecule has 2 aliphatic heterocycles. The minimum Gasteiger partial charge on any atom is -0.372 e. The molecule has 0 saturated carbocycles. The van der Waals surface area contributed by atoms with Gasteiger partial charge in [0.25, 0.3) is 0 Å². The fourth-order valence-corrected chi connectivity index (χ4v) is 4.96. The number of halogens is 3. The molecule has 2 saturated heterocycles. The first kappa shape index (κ1) is 23.9. The van der Waals surface area contributed by atoms with E-state index in [9.17, 15) is 22.8 Å². The number of piperidine rings is 1. The molecule has 1 aromatic rings. The molecule has 2 heterocycles. The van der Waals surface area contributed by atoms with Crippen LogP contribution < -0.4 is 10.2 Å². The van der Waals surface area contributed by atoms with Crippen LogP contribution in [0.3, 0.4) is 0 Å². The third kappa shape index (κ3) is 4.84. The summed E-state index contributed by atoms with van der Waals surface area (Å²) in [5.74, 6) is -0.203. The Morgan fingerprint density at radius 2 is 1.84 bits per heavy atom. The molecule has 9 heteroatoms. The van der Waals surface area contributed by atoms with Crippen LogP contribution in [0, 0.1) is 35.0 Å². The highest BCUT2D eigenvalue weighted by molar-refractivity contribution is 5.83. The lowest BCUT2D eigenvalue weighted by atomic mass is 9.78. The molecule has 0 aromatic heterocycles. The summed E-state index contributed by atoms with van der Waals surface area (Å²) in [6.07, 6.45) is -3.14. The number of hydrogen-bond acceptors (Lipinski definition) is 4. The average Bonchev–Trinajstić information content (AvgIpc) is 3.22. The number of carbonyl (C=O) groups excluding carboxylic acids is 2. The van der Waals surface area contributed by atoms with Gasteiger partial charge in [0.05, 0.1) is 23.1 Å². The molecule has 6 nitrogen and oxygen atoms in total. The van der Waals surface area contributed by atoms with Gasteiger partial charge in [-0.2, -0.15) is 18.4 Å². The van der Waals surface area contributed by atoms with Crippen molar-refractivity contribution >= 4 is 17.5 Å². The van der Waals surface area contributed by atoms with Crippen LogP contribution in [0.25, 0.3) is 0 Å². The maximum absolute atomic E-state index is 13.3. The number of likely N-dealkylation sites (tertiary alicyclic amines) is 1. The maximum Gasteiger partial charge on any atom is 0.417 e. The number of alkyl halides is 3. The van der Waals surface area contributed by atoms with Gasteiger partial charge in [-0.15, -0.1) is 0 Å². The zero-order valence-electron chi connectivity index (χ0n) is 18.6. The summed E-state index contributed by atoms with van der Waals surface area (Å²) in [5, 5.41) is 11.7. The molecule has 2 aliphatic rings. The number of hydrogen-bond donors (Lipinski definition) is 1. The Kier molecular flexibility index (Phi) is 7.01. The van der Waals surface area contributed by atoms with Crippen molar-refractivity contribution in [1.29, 1.82) is 5.26 Å². The van der Waals surface area contributed by atoms with Crippen LogP contribution in [0.2, 0.25) is 0 Å². The van der Waals surface area contributed by atoms with Crippen molar-refractivity contribution in [2.24, 2.45) is 23.7 Å². The van der Waals surface area contributed by atoms with Gasteiger partial charge in [0.15, 0.2) is 0 Å². The molecule has 174 valence electrons. The van der Waals surface area contributed by atoms with Crippen LogP contribution in [0.4, 0.5) is 18.9 Å². The molecular formula is C23H29F3N4O2. The molecule has 1 aromatic carbocycles. The van der Waals surface area contributed by atoms with E-state index in [1.165, 1.54) is 6.07 Å². The van der Waals surface area contributed by atoms with Gasteiger partial charge in [-0.3, -0.25) is 9.59 Å². The van der Waals surface area contributed by atoms with Gasteiger partial charge in [-0.25, -0.2) is 0 Å². The van der Waals surface area contributed by atoms with E-state index in [2.05, 4.69) is 5.32 Å². The Hall–Kier alpha value is -2.76. The quantitative estimate of drug-likeness (QED) is 0.764. The van der Waals surface area contributed by atoms with E-state index >= 15 is 0 Å². The predicted molar refractivity (Wildman–Crippen MR) is 114 cm³/mol. The van der Waals surface area contributed by atoms with Crippen LogP contribution in [0.15, 0.2) is 18.2 Å². The molecule has 0 spiro atoms. The molecule has 0 bridgehead atoms. The van der Waals surface area contributed by atoms with E-state index in [1.807, 2.05) is 18.7 Å². The van der Waals surface area contributed by atoms with Gasteiger partial charge in [0, 0.05) is 44.8 Å². The minimum absolute atomic E-state index is 0.0338. The zero-order valence-corrected chi connectivity index (χ0v) is 18.6. The molecule has 1 N–H and O–H groups in total. The lowest BCUT2D eigenvalue weighted by Crippen LogP contribution is -2.41. The van der Waals surface area contributed by atoms with Gasteiger partial charge < -0.3 is 15.1 Å². The topological polar surface area (TPSA) is 76.4 Å². The lowest BCUT2D eigenvalue weighted by Gasteiger charge is -2.37. The summed E-state index contributed by atoms with van der Waals surface area (Å²) in [6, 6.07) is 5.43. The van der Waals surface area contributed by atoms with Crippen molar-refractivity contribution in [3.8, 4) is 6.07 Å². The number of nitriles is 1. The number of anilines is 1. The van der Waals surface area contributed by atoms with Crippen molar-refractivity contribution in [1.82, 2.24) is 10.2 Å². The second-order valence-electron chi connectivity index (χ2n) is 8.95. The molecule has 32 heavy (non-hydrogen) atoms.